The smallest absolute Gasteiger partial charge is 0.475 e. The number of carboxylic acid groups (broad SMARTS) is 1. The summed E-state index contributed by atoms with van der Waals surface area (Å²) >= 11 is 1.39. The van der Waals surface area contributed by atoms with Crippen molar-refractivity contribution < 1.29 is 41.4 Å². The number of hydrogen-bond donors (Lipinski definition) is 2. The van der Waals surface area contributed by atoms with Gasteiger partial charge in [-0.3, -0.25) is 9.78 Å². The summed E-state index contributed by atoms with van der Waals surface area (Å²) in [5.41, 5.74) is 1.96. The molecule has 1 atom stereocenters. The lowest BCUT2D eigenvalue weighted by Gasteiger charge is -2.33. The molecule has 1 aliphatic rings. The molecule has 1 aliphatic heterocycles. The molecule has 0 aliphatic carbocycles. The molecule has 13 heteroatoms. The van der Waals surface area contributed by atoms with Crippen LogP contribution in [0.3, 0.4) is 0 Å². The van der Waals surface area contributed by atoms with Crippen LogP contribution in [0.4, 0.5) is 22.0 Å². The molecule has 2 N–H and O–H groups in total. The highest BCUT2D eigenvalue weighted by atomic mass is 32.1. The SMILES string of the molecule is O=C(O)C(F)(F)F.O=C(c1ccc(-c2ccc(OC(F)F)cc2)s1)N1CCNC(c2ccncc2)C1. The van der Waals surface area contributed by atoms with E-state index in [0.29, 0.717) is 18.0 Å². The summed E-state index contributed by atoms with van der Waals surface area (Å²) in [6.07, 6.45) is -1.58. The molecule has 4 rings (SSSR count). The summed E-state index contributed by atoms with van der Waals surface area (Å²) in [6.45, 7) is -0.882. The van der Waals surface area contributed by atoms with Gasteiger partial charge in [0.25, 0.3) is 5.91 Å². The van der Waals surface area contributed by atoms with Crippen LogP contribution in [0.5, 0.6) is 5.75 Å². The monoisotopic (exact) mass is 529 g/mol. The number of rotatable bonds is 5. The van der Waals surface area contributed by atoms with E-state index in [1.165, 1.54) is 23.5 Å². The molecule has 0 bridgehead atoms. The fraction of sp³-hybridized carbons (Fsp3) is 0.261. The van der Waals surface area contributed by atoms with E-state index in [0.717, 1.165) is 22.5 Å². The Morgan fingerprint density at radius 1 is 1.08 bits per heavy atom. The second-order valence-corrected chi connectivity index (χ2v) is 8.49. The molecule has 1 fully saturated rings. The van der Waals surface area contributed by atoms with Gasteiger partial charge in [0.15, 0.2) is 0 Å². The third-order valence-electron chi connectivity index (χ3n) is 4.99. The van der Waals surface area contributed by atoms with Gasteiger partial charge in [-0.25, -0.2) is 4.79 Å². The highest BCUT2D eigenvalue weighted by molar-refractivity contribution is 7.17. The maximum absolute atomic E-state index is 13.0. The lowest BCUT2D eigenvalue weighted by atomic mass is 10.1. The van der Waals surface area contributed by atoms with Gasteiger partial charge < -0.3 is 20.1 Å². The summed E-state index contributed by atoms with van der Waals surface area (Å²) in [5.74, 6) is -2.65. The van der Waals surface area contributed by atoms with Crippen LogP contribution in [0.1, 0.15) is 21.3 Å². The molecular formula is C23H20F5N3O4S. The quantitative estimate of drug-likeness (QED) is 0.460. The molecule has 36 heavy (non-hydrogen) atoms. The van der Waals surface area contributed by atoms with Gasteiger partial charge in [0.05, 0.1) is 10.9 Å². The second-order valence-electron chi connectivity index (χ2n) is 7.41. The van der Waals surface area contributed by atoms with Crippen LogP contribution in [0.15, 0.2) is 60.9 Å². The lowest BCUT2D eigenvalue weighted by Crippen LogP contribution is -2.48. The zero-order valence-electron chi connectivity index (χ0n) is 18.4. The zero-order valence-corrected chi connectivity index (χ0v) is 19.2. The van der Waals surface area contributed by atoms with Crippen molar-refractivity contribution in [3.8, 4) is 16.2 Å². The van der Waals surface area contributed by atoms with Gasteiger partial charge >= 0.3 is 18.8 Å². The lowest BCUT2D eigenvalue weighted by molar-refractivity contribution is -0.192. The Kier molecular flexibility index (Phi) is 8.93. The maximum atomic E-state index is 13.0. The molecule has 0 spiro atoms. The first-order valence-corrected chi connectivity index (χ1v) is 11.2. The number of aliphatic carboxylic acids is 1. The van der Waals surface area contributed by atoms with E-state index in [9.17, 15) is 26.7 Å². The fourth-order valence-electron chi connectivity index (χ4n) is 3.32. The van der Waals surface area contributed by atoms with Crippen molar-refractivity contribution in [1.82, 2.24) is 15.2 Å². The average Bonchev–Trinajstić information content (AvgIpc) is 3.34. The number of pyridine rings is 1. The number of ether oxygens (including phenoxy) is 1. The molecule has 3 heterocycles. The van der Waals surface area contributed by atoms with Crippen molar-refractivity contribution in [2.75, 3.05) is 19.6 Å². The van der Waals surface area contributed by atoms with E-state index < -0.39 is 18.8 Å². The number of carboxylic acids is 1. The zero-order chi connectivity index (χ0) is 26.3. The first-order valence-electron chi connectivity index (χ1n) is 10.4. The topological polar surface area (TPSA) is 91.8 Å². The molecule has 0 radical (unpaired) electrons. The number of aromatic nitrogens is 1. The van der Waals surface area contributed by atoms with Crippen LogP contribution in [-0.4, -0.2) is 59.3 Å². The number of nitrogens with zero attached hydrogens (tertiary/aromatic N) is 2. The summed E-state index contributed by atoms with van der Waals surface area (Å²) < 4.78 is 60.7. The molecule has 2 aromatic heterocycles. The molecule has 1 saturated heterocycles. The molecule has 3 aromatic rings. The molecule has 0 saturated carbocycles. The van der Waals surface area contributed by atoms with Gasteiger partial charge in [-0.1, -0.05) is 0 Å². The number of piperazine rings is 1. The molecule has 192 valence electrons. The van der Waals surface area contributed by atoms with Gasteiger partial charge in [0.1, 0.15) is 5.75 Å². The van der Waals surface area contributed by atoms with E-state index in [1.807, 2.05) is 29.2 Å². The number of carbonyl (C=O) groups is 2. The number of halogens is 5. The van der Waals surface area contributed by atoms with Crippen molar-refractivity contribution in [2.24, 2.45) is 0 Å². The number of amides is 1. The first-order chi connectivity index (χ1) is 17.0. The fourth-order valence-corrected chi connectivity index (χ4v) is 4.30. The predicted molar refractivity (Wildman–Crippen MR) is 121 cm³/mol. The molecule has 7 nitrogen and oxygen atoms in total. The number of benzene rings is 1. The Morgan fingerprint density at radius 2 is 1.72 bits per heavy atom. The van der Waals surface area contributed by atoms with Gasteiger partial charge in [-0.05, 0) is 59.7 Å². The summed E-state index contributed by atoms with van der Waals surface area (Å²) in [7, 11) is 0. The van der Waals surface area contributed by atoms with E-state index in [4.69, 9.17) is 9.90 Å². The average molecular weight is 529 g/mol. The Morgan fingerprint density at radius 3 is 2.31 bits per heavy atom. The summed E-state index contributed by atoms with van der Waals surface area (Å²) in [6, 6.07) is 14.1. The van der Waals surface area contributed by atoms with E-state index >= 15 is 0 Å². The van der Waals surface area contributed by atoms with Crippen LogP contribution >= 0.6 is 11.3 Å². The van der Waals surface area contributed by atoms with Gasteiger partial charge in [-0.2, -0.15) is 22.0 Å². The number of thiophene rings is 1. The van der Waals surface area contributed by atoms with Crippen molar-refractivity contribution in [1.29, 1.82) is 0 Å². The van der Waals surface area contributed by atoms with Gasteiger partial charge in [0.2, 0.25) is 0 Å². The van der Waals surface area contributed by atoms with Crippen molar-refractivity contribution in [2.45, 2.75) is 18.8 Å². The number of alkyl halides is 5. The molecular weight excluding hydrogens is 509 g/mol. The minimum atomic E-state index is -5.08. The predicted octanol–water partition coefficient (Wildman–Crippen LogP) is 4.83. The number of nitrogens with one attached hydrogen (secondary N) is 1. The number of hydrogen-bond acceptors (Lipinski definition) is 6. The van der Waals surface area contributed by atoms with E-state index in [-0.39, 0.29) is 17.7 Å². The Labute approximate surface area is 206 Å². The van der Waals surface area contributed by atoms with Crippen LogP contribution in [0.25, 0.3) is 10.4 Å². The minimum Gasteiger partial charge on any atom is -0.475 e. The second kappa shape index (κ2) is 11.9. The first kappa shape index (κ1) is 27.0. The van der Waals surface area contributed by atoms with Crippen LogP contribution in [0, 0.1) is 0 Å². The van der Waals surface area contributed by atoms with Crippen molar-refractivity contribution in [3.05, 3.63) is 71.4 Å². The summed E-state index contributed by atoms with van der Waals surface area (Å²) in [4.78, 5) is 29.3. The van der Waals surface area contributed by atoms with Crippen molar-refractivity contribution in [3.63, 3.8) is 0 Å². The molecule has 1 unspecified atom stereocenters. The third kappa shape index (κ3) is 7.46. The normalized spacial score (nSPS) is 15.7. The van der Waals surface area contributed by atoms with E-state index in [1.54, 1.807) is 24.5 Å². The standard InChI is InChI=1S/C21H19F2N3O2S.C2HF3O2/c22-21(23)28-16-3-1-15(2-4-16)18-5-6-19(29-18)20(27)26-12-11-25-17(13-26)14-7-9-24-10-8-14;3-2(4,5)1(6)7/h1-10,17,21,25H,11-13H2;(H,6,7). The van der Waals surface area contributed by atoms with Gasteiger partial charge in [0, 0.05) is 36.9 Å². The number of carbonyl (C=O) groups excluding carboxylic acids is 1. The largest absolute Gasteiger partial charge is 0.490 e. The Balaban J connectivity index is 0.000000454. The van der Waals surface area contributed by atoms with Crippen LogP contribution in [0.2, 0.25) is 0 Å². The van der Waals surface area contributed by atoms with Crippen molar-refractivity contribution >= 4 is 23.2 Å². The van der Waals surface area contributed by atoms with E-state index in [2.05, 4.69) is 15.0 Å². The van der Waals surface area contributed by atoms with Crippen LogP contribution in [-0.2, 0) is 4.79 Å². The Hall–Kier alpha value is -3.58. The molecule has 1 amide bonds. The van der Waals surface area contributed by atoms with Crippen LogP contribution < -0.4 is 10.1 Å². The maximum Gasteiger partial charge on any atom is 0.490 e. The summed E-state index contributed by atoms with van der Waals surface area (Å²) in [5, 5.41) is 10.6. The minimum absolute atomic E-state index is 0.000500. The third-order valence-corrected chi connectivity index (χ3v) is 6.12. The van der Waals surface area contributed by atoms with Gasteiger partial charge in [-0.15, -0.1) is 11.3 Å². The Bertz CT molecular complexity index is 1160. The highest BCUT2D eigenvalue weighted by Crippen LogP contribution is 2.31. The molecule has 1 aromatic carbocycles. The highest BCUT2D eigenvalue weighted by Gasteiger charge is 2.38.